The van der Waals surface area contributed by atoms with Crippen LogP contribution in [0.25, 0.3) is 0 Å². The van der Waals surface area contributed by atoms with Crippen LogP contribution in [-0.4, -0.2) is 14.2 Å². The Morgan fingerprint density at radius 1 is 1.20 bits per heavy atom. The first-order chi connectivity index (χ1) is 7.10. The van der Waals surface area contributed by atoms with E-state index in [1.54, 1.807) is 14.2 Å². The fourth-order valence-electron chi connectivity index (χ4n) is 1.93. The van der Waals surface area contributed by atoms with E-state index in [2.05, 4.69) is 6.92 Å². The predicted octanol–water partition coefficient (Wildman–Crippen LogP) is 1.90. The molecule has 1 saturated carbocycles. The van der Waals surface area contributed by atoms with Gasteiger partial charge in [0.25, 0.3) is 0 Å². The zero-order chi connectivity index (χ0) is 11.1. The van der Waals surface area contributed by atoms with Crippen molar-refractivity contribution in [2.24, 2.45) is 11.7 Å². The Morgan fingerprint density at radius 2 is 1.67 bits per heavy atom. The lowest BCUT2D eigenvalue weighted by molar-refractivity contribution is 0.392. The Kier molecular flexibility index (Phi) is 2.35. The summed E-state index contributed by atoms with van der Waals surface area (Å²) in [4.78, 5) is 0. The molecule has 15 heavy (non-hydrogen) atoms. The third-order valence-corrected chi connectivity index (χ3v) is 3.25. The van der Waals surface area contributed by atoms with E-state index >= 15 is 0 Å². The molecule has 0 radical (unpaired) electrons. The first-order valence-corrected chi connectivity index (χ1v) is 5.12. The fourth-order valence-corrected chi connectivity index (χ4v) is 1.93. The van der Waals surface area contributed by atoms with Crippen molar-refractivity contribution in [3.63, 3.8) is 0 Å². The summed E-state index contributed by atoms with van der Waals surface area (Å²) in [6.45, 7) is 2.16. The first-order valence-electron chi connectivity index (χ1n) is 5.12. The topological polar surface area (TPSA) is 44.5 Å². The van der Waals surface area contributed by atoms with E-state index in [4.69, 9.17) is 15.2 Å². The molecule has 0 bridgehead atoms. The van der Waals surface area contributed by atoms with Gasteiger partial charge in [0.2, 0.25) is 0 Å². The summed E-state index contributed by atoms with van der Waals surface area (Å²) in [5.41, 5.74) is 7.17. The van der Waals surface area contributed by atoms with Crippen LogP contribution in [0, 0.1) is 5.92 Å². The van der Waals surface area contributed by atoms with Crippen LogP contribution < -0.4 is 15.2 Å². The second-order valence-electron chi connectivity index (χ2n) is 4.25. The lowest BCUT2D eigenvalue weighted by Gasteiger charge is -2.14. The molecule has 2 unspecified atom stereocenters. The van der Waals surface area contributed by atoms with Gasteiger partial charge in [-0.1, -0.05) is 6.92 Å². The molecule has 0 amide bonds. The molecular weight excluding hydrogens is 190 g/mol. The molecule has 1 aromatic carbocycles. The normalized spacial score (nSPS) is 28.7. The number of hydrogen-bond acceptors (Lipinski definition) is 3. The molecule has 0 saturated heterocycles. The van der Waals surface area contributed by atoms with Crippen LogP contribution in [0.5, 0.6) is 11.5 Å². The zero-order valence-electron chi connectivity index (χ0n) is 9.41. The fraction of sp³-hybridized carbons (Fsp3) is 0.500. The Hall–Kier alpha value is -1.22. The molecule has 2 atom stereocenters. The molecule has 2 N–H and O–H groups in total. The number of methoxy groups -OCH3 is 2. The average molecular weight is 207 g/mol. The highest BCUT2D eigenvalue weighted by Crippen LogP contribution is 2.50. The number of nitrogens with two attached hydrogens (primary N) is 1. The minimum absolute atomic E-state index is 0.179. The molecule has 1 aromatic rings. The quantitative estimate of drug-likeness (QED) is 0.823. The van der Waals surface area contributed by atoms with Crippen LogP contribution in [0.4, 0.5) is 0 Å². The van der Waals surface area contributed by atoms with Crippen molar-refractivity contribution >= 4 is 0 Å². The van der Waals surface area contributed by atoms with Crippen LogP contribution >= 0.6 is 0 Å². The number of ether oxygens (including phenoxy) is 2. The van der Waals surface area contributed by atoms with E-state index in [1.807, 2.05) is 18.2 Å². The summed E-state index contributed by atoms with van der Waals surface area (Å²) in [7, 11) is 3.30. The highest BCUT2D eigenvalue weighted by Gasteiger charge is 2.49. The van der Waals surface area contributed by atoms with Crippen LogP contribution in [0.15, 0.2) is 18.2 Å². The monoisotopic (exact) mass is 207 g/mol. The molecule has 0 aromatic heterocycles. The number of benzene rings is 1. The molecule has 82 valence electrons. The third kappa shape index (κ3) is 1.67. The Bertz CT molecular complexity index is 356. The number of hydrogen-bond donors (Lipinski definition) is 1. The minimum Gasteiger partial charge on any atom is -0.497 e. The van der Waals surface area contributed by atoms with Gasteiger partial charge in [0.05, 0.1) is 14.2 Å². The second kappa shape index (κ2) is 3.42. The summed E-state index contributed by atoms with van der Waals surface area (Å²) < 4.78 is 10.4. The van der Waals surface area contributed by atoms with Crippen LogP contribution in [0.3, 0.4) is 0 Å². The molecule has 0 heterocycles. The van der Waals surface area contributed by atoms with Gasteiger partial charge in [0, 0.05) is 11.6 Å². The van der Waals surface area contributed by atoms with Gasteiger partial charge in [-0.3, -0.25) is 0 Å². The molecular formula is C12H17NO2. The van der Waals surface area contributed by atoms with E-state index < -0.39 is 0 Å². The molecule has 2 rings (SSSR count). The number of rotatable bonds is 3. The third-order valence-electron chi connectivity index (χ3n) is 3.25. The zero-order valence-corrected chi connectivity index (χ0v) is 9.41. The van der Waals surface area contributed by atoms with Crippen LogP contribution in [0.2, 0.25) is 0 Å². The molecule has 0 spiro atoms. The van der Waals surface area contributed by atoms with E-state index in [1.165, 1.54) is 0 Å². The van der Waals surface area contributed by atoms with Gasteiger partial charge in [-0.15, -0.1) is 0 Å². The van der Waals surface area contributed by atoms with E-state index in [0.29, 0.717) is 5.92 Å². The summed E-state index contributed by atoms with van der Waals surface area (Å²) in [6, 6.07) is 5.85. The summed E-state index contributed by atoms with van der Waals surface area (Å²) in [5, 5.41) is 0. The van der Waals surface area contributed by atoms with E-state index in [0.717, 1.165) is 23.5 Å². The Labute approximate surface area is 90.2 Å². The lowest BCUT2D eigenvalue weighted by Crippen LogP contribution is -2.21. The maximum absolute atomic E-state index is 6.25. The van der Waals surface area contributed by atoms with Crippen LogP contribution in [-0.2, 0) is 5.54 Å². The smallest absolute Gasteiger partial charge is 0.122 e. The van der Waals surface area contributed by atoms with E-state index in [-0.39, 0.29) is 5.54 Å². The van der Waals surface area contributed by atoms with Gasteiger partial charge in [-0.25, -0.2) is 0 Å². The lowest BCUT2D eigenvalue weighted by atomic mass is 10.0. The SMILES string of the molecule is COc1cc(OC)cc(C2(N)CC2C)c1. The van der Waals surface area contributed by atoms with Crippen molar-refractivity contribution in [2.75, 3.05) is 14.2 Å². The molecule has 1 aliphatic rings. The maximum atomic E-state index is 6.25. The molecule has 3 heteroatoms. The van der Waals surface area contributed by atoms with Gasteiger partial charge >= 0.3 is 0 Å². The highest BCUT2D eigenvalue weighted by atomic mass is 16.5. The minimum atomic E-state index is -0.179. The van der Waals surface area contributed by atoms with E-state index in [9.17, 15) is 0 Å². The largest absolute Gasteiger partial charge is 0.497 e. The van der Waals surface area contributed by atoms with Gasteiger partial charge < -0.3 is 15.2 Å². The van der Waals surface area contributed by atoms with Crippen LogP contribution in [0.1, 0.15) is 18.9 Å². The van der Waals surface area contributed by atoms with Crippen molar-refractivity contribution in [3.8, 4) is 11.5 Å². The molecule has 0 aliphatic heterocycles. The summed E-state index contributed by atoms with van der Waals surface area (Å²) in [6.07, 6.45) is 1.03. The van der Waals surface area contributed by atoms with Gasteiger partial charge in [0.15, 0.2) is 0 Å². The standard InChI is InChI=1S/C12H17NO2/c1-8-7-12(8,13)9-4-10(14-2)6-11(5-9)15-3/h4-6,8H,7,13H2,1-3H3. The first kappa shape index (κ1) is 10.3. The van der Waals surface area contributed by atoms with Gasteiger partial charge in [0.1, 0.15) is 11.5 Å². The molecule has 1 fully saturated rings. The average Bonchev–Trinajstić information content (AvgIpc) is 2.87. The van der Waals surface area contributed by atoms with Crippen molar-refractivity contribution in [2.45, 2.75) is 18.9 Å². The summed E-state index contributed by atoms with van der Waals surface area (Å²) >= 11 is 0. The van der Waals surface area contributed by atoms with Crippen molar-refractivity contribution < 1.29 is 9.47 Å². The Balaban J connectivity index is 2.39. The Morgan fingerprint density at radius 3 is 2.00 bits per heavy atom. The highest BCUT2D eigenvalue weighted by molar-refractivity contribution is 5.44. The maximum Gasteiger partial charge on any atom is 0.122 e. The van der Waals surface area contributed by atoms with Crippen molar-refractivity contribution in [1.29, 1.82) is 0 Å². The van der Waals surface area contributed by atoms with Crippen molar-refractivity contribution in [3.05, 3.63) is 23.8 Å². The van der Waals surface area contributed by atoms with Gasteiger partial charge in [-0.2, -0.15) is 0 Å². The second-order valence-corrected chi connectivity index (χ2v) is 4.25. The molecule has 3 nitrogen and oxygen atoms in total. The predicted molar refractivity (Wildman–Crippen MR) is 59.2 cm³/mol. The van der Waals surface area contributed by atoms with Crippen molar-refractivity contribution in [1.82, 2.24) is 0 Å². The summed E-state index contributed by atoms with van der Waals surface area (Å²) in [5.74, 6) is 2.14. The molecule has 1 aliphatic carbocycles. The van der Waals surface area contributed by atoms with Gasteiger partial charge in [-0.05, 0) is 30.0 Å².